The summed E-state index contributed by atoms with van der Waals surface area (Å²) in [6.45, 7) is -0.000192. The van der Waals surface area contributed by atoms with E-state index in [0.29, 0.717) is 0 Å². The van der Waals surface area contributed by atoms with Gasteiger partial charge in [0, 0.05) is 28.4 Å². The lowest BCUT2D eigenvalue weighted by Gasteiger charge is -2.18. The molecule has 0 bridgehead atoms. The van der Waals surface area contributed by atoms with Crippen LogP contribution in [0.1, 0.15) is 22.6 Å². The standard InChI is InChI=1S/C24H19BrN2O7/c25-14-9-13(22(28)21(11-14)27(32)33)10-20(23(29)30)26-24(31)34-12-19-17-7-3-1-5-15(17)16-6-2-4-8-18(16)19/h1-9,11,19-20,28H,10,12H2,(H,26,31)(H,29,30). The van der Waals surface area contributed by atoms with Crippen molar-refractivity contribution in [1.82, 2.24) is 5.32 Å². The molecule has 3 N–H and O–H groups in total. The molecule has 0 spiro atoms. The maximum absolute atomic E-state index is 12.5. The van der Waals surface area contributed by atoms with Gasteiger partial charge >= 0.3 is 17.7 Å². The normalized spacial score (nSPS) is 13.0. The third kappa shape index (κ3) is 4.58. The number of phenols is 1. The number of aliphatic carboxylic acids is 1. The summed E-state index contributed by atoms with van der Waals surface area (Å²) in [5, 5.41) is 33.2. The molecule has 0 radical (unpaired) electrons. The Bertz CT molecular complexity index is 1250. The van der Waals surface area contributed by atoms with Crippen molar-refractivity contribution in [3.8, 4) is 16.9 Å². The van der Waals surface area contributed by atoms with Crippen LogP contribution in [-0.2, 0) is 16.0 Å². The van der Waals surface area contributed by atoms with Gasteiger partial charge in [0.25, 0.3) is 0 Å². The van der Waals surface area contributed by atoms with Gasteiger partial charge in [0.05, 0.1) is 4.92 Å². The second-order valence-corrected chi connectivity index (χ2v) is 8.67. The fourth-order valence-electron chi connectivity index (χ4n) is 4.14. The number of ether oxygens (including phenoxy) is 1. The third-order valence-corrected chi connectivity index (χ3v) is 6.15. The zero-order valence-corrected chi connectivity index (χ0v) is 19.2. The van der Waals surface area contributed by atoms with Crippen molar-refractivity contribution in [1.29, 1.82) is 0 Å². The molecule has 10 heteroatoms. The average molecular weight is 527 g/mol. The first-order valence-corrected chi connectivity index (χ1v) is 11.1. The topological polar surface area (TPSA) is 139 Å². The van der Waals surface area contributed by atoms with Gasteiger partial charge in [-0.3, -0.25) is 10.1 Å². The zero-order chi connectivity index (χ0) is 24.4. The quantitative estimate of drug-likeness (QED) is 0.302. The SMILES string of the molecule is O=C(NC(Cc1cc(Br)cc([N+](=O)[O-])c1O)C(=O)O)OCC1c2ccccc2-c2ccccc21. The molecule has 0 heterocycles. The molecule has 0 fully saturated rings. The van der Waals surface area contributed by atoms with Crippen LogP contribution in [0.15, 0.2) is 65.1 Å². The second kappa shape index (κ2) is 9.52. The van der Waals surface area contributed by atoms with E-state index in [9.17, 15) is 29.9 Å². The minimum atomic E-state index is -1.48. The van der Waals surface area contributed by atoms with Gasteiger partial charge in [-0.05, 0) is 28.3 Å². The Kier molecular flexibility index (Phi) is 6.51. The second-order valence-electron chi connectivity index (χ2n) is 7.75. The van der Waals surface area contributed by atoms with E-state index in [0.717, 1.165) is 28.3 Å². The molecule has 4 rings (SSSR count). The summed E-state index contributed by atoms with van der Waals surface area (Å²) in [7, 11) is 0. The summed E-state index contributed by atoms with van der Waals surface area (Å²) in [5.41, 5.74) is 3.56. The highest BCUT2D eigenvalue weighted by atomic mass is 79.9. The molecule has 1 aliphatic rings. The Morgan fingerprint density at radius 2 is 1.68 bits per heavy atom. The number of hydrogen-bond donors (Lipinski definition) is 3. The van der Waals surface area contributed by atoms with Crippen molar-refractivity contribution >= 4 is 33.7 Å². The number of nitro benzene ring substituents is 1. The molecule has 1 atom stereocenters. The van der Waals surface area contributed by atoms with Crippen LogP contribution in [-0.4, -0.2) is 39.8 Å². The number of carbonyl (C=O) groups is 2. The number of carboxylic acids is 1. The van der Waals surface area contributed by atoms with E-state index in [1.54, 1.807) is 0 Å². The van der Waals surface area contributed by atoms with E-state index in [1.807, 2.05) is 48.5 Å². The van der Waals surface area contributed by atoms with Crippen LogP contribution in [0.4, 0.5) is 10.5 Å². The van der Waals surface area contributed by atoms with Gasteiger partial charge in [-0.15, -0.1) is 0 Å². The molecule has 1 amide bonds. The fourth-order valence-corrected chi connectivity index (χ4v) is 4.63. The van der Waals surface area contributed by atoms with Crippen LogP contribution < -0.4 is 5.32 Å². The van der Waals surface area contributed by atoms with Crippen LogP contribution in [0.3, 0.4) is 0 Å². The molecule has 3 aromatic rings. The van der Waals surface area contributed by atoms with E-state index in [2.05, 4.69) is 21.2 Å². The van der Waals surface area contributed by atoms with Gasteiger partial charge in [-0.1, -0.05) is 64.5 Å². The minimum Gasteiger partial charge on any atom is -0.502 e. The molecule has 0 saturated carbocycles. The Morgan fingerprint density at radius 1 is 1.09 bits per heavy atom. The maximum atomic E-state index is 12.5. The number of carboxylic acid groups (broad SMARTS) is 1. The summed E-state index contributed by atoms with van der Waals surface area (Å²) in [6.07, 6.45) is -1.33. The first kappa shape index (κ1) is 23.2. The van der Waals surface area contributed by atoms with E-state index in [-0.39, 0.29) is 29.0 Å². The summed E-state index contributed by atoms with van der Waals surface area (Å²) in [5.74, 6) is -2.23. The Labute approximate surface area is 202 Å². The molecule has 3 aromatic carbocycles. The predicted octanol–water partition coefficient (Wildman–Crippen LogP) is 4.60. The summed E-state index contributed by atoms with van der Waals surface area (Å²) >= 11 is 3.11. The van der Waals surface area contributed by atoms with Crippen LogP contribution >= 0.6 is 15.9 Å². The van der Waals surface area contributed by atoms with Crippen molar-refractivity contribution in [2.75, 3.05) is 6.61 Å². The van der Waals surface area contributed by atoms with E-state index < -0.39 is 34.5 Å². The predicted molar refractivity (Wildman–Crippen MR) is 126 cm³/mol. The largest absolute Gasteiger partial charge is 0.502 e. The van der Waals surface area contributed by atoms with E-state index in [1.165, 1.54) is 6.07 Å². The molecular formula is C24H19BrN2O7. The Morgan fingerprint density at radius 3 is 2.24 bits per heavy atom. The number of phenolic OH excluding ortho intramolecular Hbond substituents is 1. The van der Waals surface area contributed by atoms with Crippen LogP contribution in [0, 0.1) is 10.1 Å². The number of rotatable bonds is 7. The minimum absolute atomic E-state index is 0.000192. The first-order valence-electron chi connectivity index (χ1n) is 10.3. The lowest BCUT2D eigenvalue weighted by Crippen LogP contribution is -2.43. The van der Waals surface area contributed by atoms with Crippen molar-refractivity contribution in [3.63, 3.8) is 0 Å². The number of nitrogens with one attached hydrogen (secondary N) is 1. The number of hydrogen-bond acceptors (Lipinski definition) is 6. The number of fused-ring (bicyclic) bond motifs is 3. The van der Waals surface area contributed by atoms with Gasteiger partial charge in [0.1, 0.15) is 12.6 Å². The number of nitrogens with zero attached hydrogens (tertiary/aromatic N) is 1. The van der Waals surface area contributed by atoms with Gasteiger partial charge < -0.3 is 20.3 Å². The van der Waals surface area contributed by atoms with Crippen molar-refractivity contribution in [2.45, 2.75) is 18.4 Å². The molecule has 0 aliphatic heterocycles. The van der Waals surface area contributed by atoms with E-state index >= 15 is 0 Å². The number of benzene rings is 3. The molecule has 0 aromatic heterocycles. The third-order valence-electron chi connectivity index (χ3n) is 5.69. The summed E-state index contributed by atoms with van der Waals surface area (Å²) in [6, 6.07) is 16.6. The summed E-state index contributed by atoms with van der Waals surface area (Å²) < 4.78 is 5.67. The van der Waals surface area contributed by atoms with Crippen molar-refractivity contribution in [2.24, 2.45) is 0 Å². The lowest BCUT2D eigenvalue weighted by molar-refractivity contribution is -0.386. The number of amides is 1. The fraction of sp³-hybridized carbons (Fsp3) is 0.167. The Balaban J connectivity index is 1.47. The van der Waals surface area contributed by atoms with Gasteiger partial charge in [-0.25, -0.2) is 9.59 Å². The molecule has 1 unspecified atom stereocenters. The number of aromatic hydroxyl groups is 1. The van der Waals surface area contributed by atoms with Gasteiger partial charge in [-0.2, -0.15) is 0 Å². The van der Waals surface area contributed by atoms with Crippen LogP contribution in [0.2, 0.25) is 0 Å². The van der Waals surface area contributed by atoms with Crippen molar-refractivity contribution in [3.05, 3.63) is 91.9 Å². The number of alkyl carbamates (subject to hydrolysis) is 1. The van der Waals surface area contributed by atoms with Crippen LogP contribution in [0.5, 0.6) is 5.75 Å². The van der Waals surface area contributed by atoms with E-state index in [4.69, 9.17) is 4.74 Å². The molecule has 9 nitrogen and oxygen atoms in total. The van der Waals surface area contributed by atoms with Gasteiger partial charge in [0.2, 0.25) is 0 Å². The lowest BCUT2D eigenvalue weighted by atomic mass is 9.98. The number of nitro groups is 1. The number of halogens is 1. The highest BCUT2D eigenvalue weighted by molar-refractivity contribution is 9.10. The smallest absolute Gasteiger partial charge is 0.407 e. The molecule has 1 aliphatic carbocycles. The maximum Gasteiger partial charge on any atom is 0.407 e. The zero-order valence-electron chi connectivity index (χ0n) is 17.6. The highest BCUT2D eigenvalue weighted by Gasteiger charge is 2.30. The van der Waals surface area contributed by atoms with Crippen molar-refractivity contribution < 1.29 is 29.5 Å². The number of carbonyl (C=O) groups excluding carboxylic acids is 1. The first-order chi connectivity index (χ1) is 16.3. The summed E-state index contributed by atoms with van der Waals surface area (Å²) in [4.78, 5) is 34.6. The van der Waals surface area contributed by atoms with Crippen LogP contribution in [0.25, 0.3) is 11.1 Å². The molecular weight excluding hydrogens is 508 g/mol. The average Bonchev–Trinajstić information content (AvgIpc) is 3.13. The highest BCUT2D eigenvalue weighted by Crippen LogP contribution is 2.44. The molecule has 34 heavy (non-hydrogen) atoms. The molecule has 0 saturated heterocycles. The monoisotopic (exact) mass is 526 g/mol. The molecule has 174 valence electrons. The Hall–Kier alpha value is -3.92. The van der Waals surface area contributed by atoms with Gasteiger partial charge in [0.15, 0.2) is 5.75 Å².